The van der Waals surface area contributed by atoms with Crippen LogP contribution in [0.15, 0.2) is 59.8 Å². The number of hydrogen-bond donors (Lipinski definition) is 2. The maximum Gasteiger partial charge on any atom is 0.163 e. The van der Waals surface area contributed by atoms with Gasteiger partial charge in [0.1, 0.15) is 0 Å². The Morgan fingerprint density at radius 2 is 1.68 bits per heavy atom. The molecule has 0 radical (unpaired) electrons. The number of fused-ring (bicyclic) bond motifs is 1. The molecule has 1 aliphatic carbocycles. The van der Waals surface area contributed by atoms with Gasteiger partial charge in [-0.2, -0.15) is 0 Å². The minimum atomic E-state index is -0.247. The maximum atomic E-state index is 13.1. The smallest absolute Gasteiger partial charge is 0.163 e. The van der Waals surface area contributed by atoms with Crippen LogP contribution in [0.4, 0.5) is 11.4 Å². The second kappa shape index (κ2) is 5.92. The summed E-state index contributed by atoms with van der Waals surface area (Å²) < 4.78 is 0. The molecule has 0 aromatic heterocycles. The minimum Gasteiger partial charge on any atom is -0.372 e. The van der Waals surface area contributed by atoms with Gasteiger partial charge in [0.25, 0.3) is 0 Å². The van der Waals surface area contributed by atoms with Crippen molar-refractivity contribution in [1.82, 2.24) is 0 Å². The Bertz CT molecular complexity index is 885. The first-order valence-corrected chi connectivity index (χ1v) is 8.96. The van der Waals surface area contributed by atoms with E-state index in [-0.39, 0.29) is 17.2 Å². The molecule has 25 heavy (non-hydrogen) atoms. The number of carbonyl (C=O) groups is 1. The number of carbonyl (C=O) groups excluding carboxylic acids is 1. The van der Waals surface area contributed by atoms with E-state index in [0.29, 0.717) is 11.4 Å². The number of nitrogens with one attached hydrogen (secondary N) is 2. The van der Waals surface area contributed by atoms with Gasteiger partial charge in [0.2, 0.25) is 0 Å². The van der Waals surface area contributed by atoms with E-state index in [0.717, 1.165) is 34.6 Å². The molecule has 1 heterocycles. The van der Waals surface area contributed by atoms with Crippen molar-refractivity contribution in [3.63, 3.8) is 0 Å². The molecule has 1 atom stereocenters. The molecule has 1 aliphatic heterocycles. The van der Waals surface area contributed by atoms with Crippen molar-refractivity contribution in [2.24, 2.45) is 5.41 Å². The van der Waals surface area contributed by atoms with Crippen LogP contribution in [-0.2, 0) is 4.79 Å². The van der Waals surface area contributed by atoms with Gasteiger partial charge in [0, 0.05) is 22.7 Å². The molecule has 0 amide bonds. The van der Waals surface area contributed by atoms with Crippen LogP contribution in [0.5, 0.6) is 0 Å². The quantitative estimate of drug-likeness (QED) is 0.705. The van der Waals surface area contributed by atoms with Gasteiger partial charge in [-0.25, -0.2) is 0 Å². The Hall–Kier alpha value is -2.26. The van der Waals surface area contributed by atoms with E-state index in [4.69, 9.17) is 11.6 Å². The Morgan fingerprint density at radius 3 is 2.44 bits per heavy atom. The second-order valence-electron chi connectivity index (χ2n) is 7.60. The van der Waals surface area contributed by atoms with Crippen molar-refractivity contribution in [2.75, 3.05) is 10.6 Å². The van der Waals surface area contributed by atoms with Crippen LogP contribution in [0.3, 0.4) is 0 Å². The number of halogens is 1. The lowest BCUT2D eigenvalue weighted by Crippen LogP contribution is -2.31. The molecule has 4 rings (SSSR count). The number of ketones is 1. The number of rotatable bonds is 1. The summed E-state index contributed by atoms with van der Waals surface area (Å²) in [6, 6.07) is 15.6. The summed E-state index contributed by atoms with van der Waals surface area (Å²) in [5.74, 6) is 0.184. The standard InChI is InChI=1S/C21H21ClN2O/c1-21(2)11-17-19(18(25)12-21)20(13-7-3-4-8-14(13)22)24-16-10-6-5-9-15(16)23-17/h3-10,20,23-24H,11-12H2,1-2H3. The monoisotopic (exact) mass is 352 g/mol. The molecule has 2 N–H and O–H groups in total. The summed E-state index contributed by atoms with van der Waals surface area (Å²) in [5.41, 5.74) is 4.67. The fourth-order valence-corrected chi connectivity index (χ4v) is 4.08. The summed E-state index contributed by atoms with van der Waals surface area (Å²) in [6.07, 6.45) is 1.39. The highest BCUT2D eigenvalue weighted by Gasteiger charge is 2.39. The number of Topliss-reactive ketones (excluding diaryl/α,β-unsaturated/α-hetero) is 1. The van der Waals surface area contributed by atoms with Gasteiger partial charge in [0.05, 0.1) is 17.4 Å². The zero-order valence-corrected chi connectivity index (χ0v) is 15.2. The number of allylic oxidation sites excluding steroid dienone is 1. The Labute approximate surface area is 153 Å². The molecule has 3 nitrogen and oxygen atoms in total. The third-order valence-electron chi connectivity index (χ3n) is 4.94. The summed E-state index contributed by atoms with van der Waals surface area (Å²) in [4.78, 5) is 13.1. The average Bonchev–Trinajstić information content (AvgIpc) is 2.70. The number of hydrogen-bond acceptors (Lipinski definition) is 3. The fourth-order valence-electron chi connectivity index (χ4n) is 3.83. The molecule has 0 saturated carbocycles. The van der Waals surface area contributed by atoms with Gasteiger partial charge in [-0.15, -0.1) is 0 Å². The summed E-state index contributed by atoms with van der Waals surface area (Å²) in [5, 5.41) is 7.74. The van der Waals surface area contributed by atoms with Gasteiger partial charge < -0.3 is 10.6 Å². The van der Waals surface area contributed by atoms with E-state index >= 15 is 0 Å². The van der Waals surface area contributed by atoms with Crippen LogP contribution in [0.2, 0.25) is 5.02 Å². The number of benzene rings is 2. The normalized spacial score (nSPS) is 21.6. The largest absolute Gasteiger partial charge is 0.372 e. The van der Waals surface area contributed by atoms with Crippen molar-refractivity contribution in [3.8, 4) is 0 Å². The topological polar surface area (TPSA) is 41.1 Å². The summed E-state index contributed by atoms with van der Waals surface area (Å²) in [7, 11) is 0. The zero-order valence-electron chi connectivity index (χ0n) is 14.4. The van der Waals surface area contributed by atoms with E-state index in [2.05, 4.69) is 24.5 Å². The predicted octanol–water partition coefficient (Wildman–Crippen LogP) is 5.56. The van der Waals surface area contributed by atoms with Crippen LogP contribution in [0.25, 0.3) is 0 Å². The van der Waals surface area contributed by atoms with Crippen molar-refractivity contribution in [3.05, 3.63) is 70.4 Å². The Balaban J connectivity index is 1.92. The van der Waals surface area contributed by atoms with Crippen molar-refractivity contribution in [1.29, 1.82) is 0 Å². The number of para-hydroxylation sites is 2. The van der Waals surface area contributed by atoms with Crippen molar-refractivity contribution < 1.29 is 4.79 Å². The molecule has 0 spiro atoms. The number of anilines is 2. The van der Waals surface area contributed by atoms with Crippen LogP contribution < -0.4 is 10.6 Å². The third-order valence-corrected chi connectivity index (χ3v) is 5.28. The van der Waals surface area contributed by atoms with Crippen LogP contribution in [-0.4, -0.2) is 5.78 Å². The second-order valence-corrected chi connectivity index (χ2v) is 8.01. The molecule has 1 unspecified atom stereocenters. The third kappa shape index (κ3) is 2.93. The molecular formula is C21H21ClN2O. The van der Waals surface area contributed by atoms with Gasteiger partial charge in [-0.1, -0.05) is 55.8 Å². The van der Waals surface area contributed by atoms with Crippen LogP contribution >= 0.6 is 11.6 Å². The molecule has 0 saturated heterocycles. The van der Waals surface area contributed by atoms with E-state index in [1.807, 2.05) is 48.5 Å². The summed E-state index contributed by atoms with van der Waals surface area (Å²) in [6.45, 7) is 4.29. The molecule has 0 fully saturated rings. The molecule has 128 valence electrons. The molecule has 2 aromatic carbocycles. The summed E-state index contributed by atoms with van der Waals surface area (Å²) >= 11 is 6.48. The first kappa shape index (κ1) is 16.2. The predicted molar refractivity (Wildman–Crippen MR) is 103 cm³/mol. The fraction of sp³-hybridized carbons (Fsp3) is 0.286. The zero-order chi connectivity index (χ0) is 17.6. The van der Waals surface area contributed by atoms with Crippen LogP contribution in [0.1, 0.15) is 38.3 Å². The van der Waals surface area contributed by atoms with Gasteiger partial charge in [-0.05, 0) is 35.6 Å². The van der Waals surface area contributed by atoms with E-state index < -0.39 is 0 Å². The highest BCUT2D eigenvalue weighted by molar-refractivity contribution is 6.31. The lowest BCUT2D eigenvalue weighted by Gasteiger charge is -2.34. The highest BCUT2D eigenvalue weighted by atomic mass is 35.5. The van der Waals surface area contributed by atoms with Crippen molar-refractivity contribution >= 4 is 28.8 Å². The van der Waals surface area contributed by atoms with E-state index in [9.17, 15) is 4.79 Å². The first-order valence-electron chi connectivity index (χ1n) is 8.58. The molecule has 2 aromatic rings. The molecule has 0 bridgehead atoms. The average molecular weight is 353 g/mol. The van der Waals surface area contributed by atoms with Gasteiger partial charge >= 0.3 is 0 Å². The minimum absolute atomic E-state index is 0.0484. The Kier molecular flexibility index (Phi) is 3.84. The Morgan fingerprint density at radius 1 is 1.00 bits per heavy atom. The lowest BCUT2D eigenvalue weighted by atomic mass is 9.73. The molecular weight excluding hydrogens is 332 g/mol. The van der Waals surface area contributed by atoms with Gasteiger partial charge in [0.15, 0.2) is 5.78 Å². The van der Waals surface area contributed by atoms with E-state index in [1.165, 1.54) is 0 Å². The van der Waals surface area contributed by atoms with Crippen molar-refractivity contribution in [2.45, 2.75) is 32.7 Å². The lowest BCUT2D eigenvalue weighted by molar-refractivity contribution is -0.118. The highest BCUT2D eigenvalue weighted by Crippen LogP contribution is 2.46. The first-order chi connectivity index (χ1) is 11.9. The van der Waals surface area contributed by atoms with E-state index in [1.54, 1.807) is 0 Å². The molecule has 2 aliphatic rings. The molecule has 4 heteroatoms. The SMILES string of the molecule is CC1(C)CC(=O)C2=C(C1)Nc1ccccc1NC2c1ccccc1Cl. The maximum absolute atomic E-state index is 13.1. The van der Waals surface area contributed by atoms with Crippen LogP contribution in [0, 0.1) is 5.41 Å². The van der Waals surface area contributed by atoms with Gasteiger partial charge in [-0.3, -0.25) is 4.79 Å².